The van der Waals surface area contributed by atoms with Crippen LogP contribution < -0.4 is 4.31 Å². The van der Waals surface area contributed by atoms with Crippen LogP contribution >= 0.6 is 15.9 Å². The number of benzene rings is 2. The summed E-state index contributed by atoms with van der Waals surface area (Å²) in [7, 11) is -1.91. The van der Waals surface area contributed by atoms with Crippen LogP contribution in [0.2, 0.25) is 0 Å². The van der Waals surface area contributed by atoms with Crippen LogP contribution in [0.4, 0.5) is 5.69 Å². The Balaban J connectivity index is 2.15. The highest BCUT2D eigenvalue weighted by Gasteiger charge is 2.22. The van der Waals surface area contributed by atoms with Crippen LogP contribution in [0.1, 0.15) is 11.1 Å². The third kappa shape index (κ3) is 5.57. The summed E-state index contributed by atoms with van der Waals surface area (Å²) >= 11 is 3.33. The molecule has 134 valence electrons. The molecular weight excluding hydrogens is 404 g/mol. The smallest absolute Gasteiger partial charge is 0.243 e. The highest BCUT2D eigenvalue weighted by Crippen LogP contribution is 2.22. The minimum Gasteiger partial charge on any atom is -0.340 e. The largest absolute Gasteiger partial charge is 0.340 e. The number of halogens is 1. The summed E-state index contributed by atoms with van der Waals surface area (Å²) < 4.78 is 26.1. The number of aryl methyl sites for hydroxylation is 1. The molecule has 0 spiro atoms. The van der Waals surface area contributed by atoms with Gasteiger partial charge < -0.3 is 4.90 Å². The van der Waals surface area contributed by atoms with Crippen molar-refractivity contribution in [2.75, 3.05) is 24.2 Å². The molecule has 1 amide bonds. The van der Waals surface area contributed by atoms with Gasteiger partial charge in [0.1, 0.15) is 6.54 Å². The van der Waals surface area contributed by atoms with Gasteiger partial charge in [-0.2, -0.15) is 0 Å². The molecule has 0 radical (unpaired) electrons. The van der Waals surface area contributed by atoms with Gasteiger partial charge in [-0.05, 0) is 30.7 Å². The van der Waals surface area contributed by atoms with E-state index in [-0.39, 0.29) is 12.5 Å². The van der Waals surface area contributed by atoms with E-state index in [4.69, 9.17) is 0 Å². The number of hydrogen-bond acceptors (Lipinski definition) is 3. The highest BCUT2D eigenvalue weighted by molar-refractivity contribution is 9.10. The molecule has 0 aliphatic heterocycles. The zero-order chi connectivity index (χ0) is 18.6. The Morgan fingerprint density at radius 1 is 1.12 bits per heavy atom. The number of hydrogen-bond donors (Lipinski definition) is 0. The number of anilines is 1. The first kappa shape index (κ1) is 19.5. The minimum atomic E-state index is -3.58. The normalized spacial score (nSPS) is 11.2. The van der Waals surface area contributed by atoms with Gasteiger partial charge in [-0.15, -0.1) is 0 Å². The Bertz CT molecular complexity index is 851. The van der Waals surface area contributed by atoms with E-state index in [9.17, 15) is 13.2 Å². The first-order valence-corrected chi connectivity index (χ1v) is 10.3. The fraction of sp³-hybridized carbons (Fsp3) is 0.278. The van der Waals surface area contributed by atoms with E-state index in [0.717, 1.165) is 26.2 Å². The molecule has 25 heavy (non-hydrogen) atoms. The quantitative estimate of drug-likeness (QED) is 0.715. The van der Waals surface area contributed by atoms with E-state index in [1.54, 1.807) is 31.3 Å². The van der Waals surface area contributed by atoms with Crippen molar-refractivity contribution in [3.8, 4) is 0 Å². The molecule has 0 aromatic heterocycles. The Morgan fingerprint density at radius 2 is 1.76 bits per heavy atom. The van der Waals surface area contributed by atoms with Crippen molar-refractivity contribution in [3.63, 3.8) is 0 Å². The summed E-state index contributed by atoms with van der Waals surface area (Å²) in [6.07, 6.45) is 1.10. The summed E-state index contributed by atoms with van der Waals surface area (Å²) in [6, 6.07) is 14.8. The molecule has 0 saturated carbocycles. The Morgan fingerprint density at radius 3 is 2.32 bits per heavy atom. The predicted octanol–water partition coefficient (Wildman–Crippen LogP) is 3.18. The maximum absolute atomic E-state index is 12.5. The van der Waals surface area contributed by atoms with Gasteiger partial charge in [-0.3, -0.25) is 9.10 Å². The third-order valence-corrected chi connectivity index (χ3v) is 5.38. The lowest BCUT2D eigenvalue weighted by Crippen LogP contribution is -2.41. The van der Waals surface area contributed by atoms with Crippen molar-refractivity contribution in [2.24, 2.45) is 0 Å². The fourth-order valence-electron chi connectivity index (χ4n) is 2.33. The first-order chi connectivity index (χ1) is 11.7. The first-order valence-electron chi connectivity index (χ1n) is 7.69. The molecular formula is C18H21BrN2O3S. The Labute approximate surface area is 157 Å². The number of rotatable bonds is 6. The second-order valence-corrected chi connectivity index (χ2v) is 8.81. The number of amides is 1. The molecule has 7 heteroatoms. The molecule has 2 aromatic carbocycles. The second-order valence-electron chi connectivity index (χ2n) is 5.98. The zero-order valence-electron chi connectivity index (χ0n) is 14.4. The van der Waals surface area contributed by atoms with E-state index in [1.165, 1.54) is 4.90 Å². The average molecular weight is 425 g/mol. The lowest BCUT2D eigenvalue weighted by Gasteiger charge is -2.25. The van der Waals surface area contributed by atoms with Crippen molar-refractivity contribution in [1.82, 2.24) is 4.90 Å². The van der Waals surface area contributed by atoms with E-state index in [0.29, 0.717) is 12.2 Å². The van der Waals surface area contributed by atoms with E-state index >= 15 is 0 Å². The molecule has 0 unspecified atom stereocenters. The van der Waals surface area contributed by atoms with Crippen LogP contribution in [0.15, 0.2) is 53.0 Å². The van der Waals surface area contributed by atoms with Gasteiger partial charge in [-0.1, -0.05) is 51.8 Å². The van der Waals surface area contributed by atoms with Crippen LogP contribution in [-0.2, 0) is 21.4 Å². The average Bonchev–Trinajstić information content (AvgIpc) is 2.53. The van der Waals surface area contributed by atoms with Gasteiger partial charge in [0.05, 0.1) is 11.9 Å². The SMILES string of the molecule is Cc1ccc(CN(C)C(=O)CN(c2cccc(Br)c2)S(C)(=O)=O)cc1. The lowest BCUT2D eigenvalue weighted by atomic mass is 10.1. The zero-order valence-corrected chi connectivity index (χ0v) is 16.8. The fourth-order valence-corrected chi connectivity index (χ4v) is 3.56. The van der Waals surface area contributed by atoms with Gasteiger partial charge in [-0.25, -0.2) is 8.42 Å². The van der Waals surface area contributed by atoms with Gasteiger partial charge >= 0.3 is 0 Å². The van der Waals surface area contributed by atoms with Crippen molar-refractivity contribution >= 4 is 37.5 Å². The third-order valence-electron chi connectivity index (χ3n) is 3.74. The van der Waals surface area contributed by atoms with Crippen LogP contribution in [-0.4, -0.2) is 39.1 Å². The molecule has 0 heterocycles. The number of nitrogens with zero attached hydrogens (tertiary/aromatic N) is 2. The number of sulfonamides is 1. The molecule has 0 atom stereocenters. The van der Waals surface area contributed by atoms with Crippen molar-refractivity contribution in [3.05, 3.63) is 64.1 Å². The summed E-state index contributed by atoms with van der Waals surface area (Å²) in [6.45, 7) is 2.19. The summed E-state index contributed by atoms with van der Waals surface area (Å²) in [5.41, 5.74) is 2.60. The molecule has 0 bridgehead atoms. The Hall–Kier alpha value is -1.86. The molecule has 0 aliphatic rings. The van der Waals surface area contributed by atoms with E-state index in [2.05, 4.69) is 15.9 Å². The minimum absolute atomic E-state index is 0.238. The van der Waals surface area contributed by atoms with Crippen LogP contribution in [0.3, 0.4) is 0 Å². The van der Waals surface area contributed by atoms with Crippen LogP contribution in [0, 0.1) is 6.92 Å². The molecule has 0 aliphatic carbocycles. The molecule has 0 fully saturated rings. The second kappa shape index (κ2) is 8.01. The summed E-state index contributed by atoms with van der Waals surface area (Å²) in [4.78, 5) is 14.1. The van der Waals surface area contributed by atoms with Gasteiger partial charge in [0, 0.05) is 18.1 Å². The van der Waals surface area contributed by atoms with Crippen molar-refractivity contribution < 1.29 is 13.2 Å². The monoisotopic (exact) mass is 424 g/mol. The number of likely N-dealkylation sites (N-methyl/N-ethyl adjacent to an activating group) is 1. The van der Waals surface area contributed by atoms with Gasteiger partial charge in [0.2, 0.25) is 15.9 Å². The van der Waals surface area contributed by atoms with Gasteiger partial charge in [0.15, 0.2) is 0 Å². The molecule has 0 saturated heterocycles. The molecule has 0 N–H and O–H groups in total. The molecule has 2 aromatic rings. The highest BCUT2D eigenvalue weighted by atomic mass is 79.9. The Kier molecular flexibility index (Phi) is 6.24. The number of carbonyl (C=O) groups is 1. The maximum Gasteiger partial charge on any atom is 0.243 e. The van der Waals surface area contributed by atoms with Crippen LogP contribution in [0.25, 0.3) is 0 Å². The summed E-state index contributed by atoms with van der Waals surface area (Å²) in [5, 5.41) is 0. The standard InChI is InChI=1S/C18H21BrN2O3S/c1-14-7-9-15(10-8-14)12-20(2)18(22)13-21(25(3,23)24)17-6-4-5-16(19)11-17/h4-11H,12-13H2,1-3H3. The maximum atomic E-state index is 12.5. The van der Waals surface area contributed by atoms with Gasteiger partial charge in [0.25, 0.3) is 0 Å². The van der Waals surface area contributed by atoms with Crippen LogP contribution in [0.5, 0.6) is 0 Å². The topological polar surface area (TPSA) is 57.7 Å². The van der Waals surface area contributed by atoms with Crippen molar-refractivity contribution in [1.29, 1.82) is 0 Å². The molecule has 2 rings (SSSR count). The summed E-state index contributed by atoms with van der Waals surface area (Å²) in [5.74, 6) is -0.272. The van der Waals surface area contributed by atoms with E-state index < -0.39 is 10.0 Å². The lowest BCUT2D eigenvalue weighted by molar-refractivity contribution is -0.128. The van der Waals surface area contributed by atoms with E-state index in [1.807, 2.05) is 31.2 Å². The number of carbonyl (C=O) groups excluding carboxylic acids is 1. The van der Waals surface area contributed by atoms with Crippen molar-refractivity contribution in [2.45, 2.75) is 13.5 Å². The predicted molar refractivity (Wildman–Crippen MR) is 104 cm³/mol. The molecule has 5 nitrogen and oxygen atoms in total.